The van der Waals surface area contributed by atoms with E-state index in [4.69, 9.17) is 9.15 Å². The van der Waals surface area contributed by atoms with Gasteiger partial charge in [-0.05, 0) is 44.0 Å². The normalized spacial score (nSPS) is 10.8. The van der Waals surface area contributed by atoms with Gasteiger partial charge in [0.05, 0.1) is 5.39 Å². The molecule has 0 spiro atoms. The smallest absolute Gasteiger partial charge is 0.308 e. The molecular formula is C20H18O4. The Hall–Kier alpha value is -2.88. The number of hydrogen-bond acceptors (Lipinski definition) is 4. The first-order chi connectivity index (χ1) is 11.4. The summed E-state index contributed by atoms with van der Waals surface area (Å²) in [6.45, 7) is 7.12. The largest absolute Gasteiger partial charge is 0.452 e. The third-order valence-electron chi connectivity index (χ3n) is 4.02. The molecule has 4 nitrogen and oxygen atoms in total. The van der Waals surface area contributed by atoms with Crippen molar-refractivity contribution in [3.8, 4) is 17.1 Å². The molecule has 0 atom stereocenters. The zero-order chi connectivity index (χ0) is 17.4. The van der Waals surface area contributed by atoms with Crippen molar-refractivity contribution in [3.05, 3.63) is 63.3 Å². The van der Waals surface area contributed by atoms with Gasteiger partial charge in [0.15, 0.2) is 5.76 Å². The van der Waals surface area contributed by atoms with Gasteiger partial charge < -0.3 is 9.15 Å². The van der Waals surface area contributed by atoms with E-state index in [2.05, 4.69) is 0 Å². The molecule has 24 heavy (non-hydrogen) atoms. The van der Waals surface area contributed by atoms with Gasteiger partial charge >= 0.3 is 5.97 Å². The Balaban J connectivity index is 2.37. The second-order valence-corrected chi connectivity index (χ2v) is 5.98. The molecule has 0 radical (unpaired) electrons. The van der Waals surface area contributed by atoms with E-state index in [0.717, 1.165) is 16.7 Å². The van der Waals surface area contributed by atoms with Crippen molar-refractivity contribution in [2.45, 2.75) is 27.7 Å². The number of aryl methyl sites for hydroxylation is 3. The fourth-order valence-corrected chi connectivity index (χ4v) is 2.56. The molecule has 0 aliphatic carbocycles. The van der Waals surface area contributed by atoms with Crippen LogP contribution in [-0.2, 0) is 4.79 Å². The topological polar surface area (TPSA) is 56.5 Å². The number of esters is 1. The van der Waals surface area contributed by atoms with Gasteiger partial charge in [0, 0.05) is 12.5 Å². The van der Waals surface area contributed by atoms with E-state index in [1.54, 1.807) is 6.07 Å². The Kier molecular flexibility index (Phi) is 3.97. The van der Waals surface area contributed by atoms with Gasteiger partial charge in [-0.25, -0.2) is 0 Å². The molecule has 0 saturated heterocycles. The summed E-state index contributed by atoms with van der Waals surface area (Å²) in [6, 6.07) is 11.1. The molecule has 0 fully saturated rings. The molecule has 4 heteroatoms. The minimum atomic E-state index is -0.557. The molecule has 0 bridgehead atoms. The van der Waals surface area contributed by atoms with E-state index < -0.39 is 5.97 Å². The van der Waals surface area contributed by atoms with Crippen molar-refractivity contribution in [1.29, 1.82) is 0 Å². The molecule has 1 aromatic heterocycles. The molecule has 3 aromatic rings. The van der Waals surface area contributed by atoms with Crippen molar-refractivity contribution < 1.29 is 13.9 Å². The predicted octanol–water partition coefficient (Wildman–Crippen LogP) is 4.31. The number of hydrogen-bond donors (Lipinski definition) is 0. The molecule has 122 valence electrons. The van der Waals surface area contributed by atoms with E-state index in [1.165, 1.54) is 6.92 Å². The molecule has 0 amide bonds. The van der Waals surface area contributed by atoms with Crippen LogP contribution in [0.1, 0.15) is 23.6 Å². The lowest BCUT2D eigenvalue weighted by atomic mass is 10.0. The van der Waals surface area contributed by atoms with Crippen molar-refractivity contribution in [1.82, 2.24) is 0 Å². The lowest BCUT2D eigenvalue weighted by Gasteiger charge is -2.11. The van der Waals surface area contributed by atoms with E-state index in [-0.39, 0.29) is 16.9 Å². The first-order valence-electron chi connectivity index (χ1n) is 7.70. The molecule has 0 aliphatic heterocycles. The maximum atomic E-state index is 12.9. The fourth-order valence-electron chi connectivity index (χ4n) is 2.56. The summed E-state index contributed by atoms with van der Waals surface area (Å²) < 4.78 is 11.2. The van der Waals surface area contributed by atoms with Crippen LogP contribution in [0.3, 0.4) is 0 Å². The Morgan fingerprint density at radius 1 is 1.00 bits per heavy atom. The number of ether oxygens (including phenoxy) is 1. The van der Waals surface area contributed by atoms with Crippen LogP contribution in [0.4, 0.5) is 0 Å². The molecule has 0 saturated carbocycles. The Morgan fingerprint density at radius 2 is 1.62 bits per heavy atom. The lowest BCUT2D eigenvalue weighted by Crippen LogP contribution is -2.13. The number of carbonyl (C=O) groups excluding carboxylic acids is 1. The van der Waals surface area contributed by atoms with E-state index >= 15 is 0 Å². The highest BCUT2D eigenvalue weighted by Crippen LogP contribution is 2.32. The molecule has 2 aromatic carbocycles. The third kappa shape index (κ3) is 2.83. The number of carbonyl (C=O) groups is 1. The van der Waals surface area contributed by atoms with Crippen LogP contribution in [0.25, 0.3) is 22.3 Å². The molecule has 3 rings (SSSR count). The van der Waals surface area contributed by atoms with Crippen molar-refractivity contribution in [2.75, 3.05) is 0 Å². The minimum Gasteiger partial charge on any atom is -0.452 e. The highest BCUT2D eigenvalue weighted by atomic mass is 16.5. The molecular weight excluding hydrogens is 304 g/mol. The predicted molar refractivity (Wildman–Crippen MR) is 93.4 cm³/mol. The SMILES string of the molecule is CC(=O)Oc1c(-c2ccc(C)cc2)oc2cc(C)c(C)cc2c1=O. The maximum Gasteiger partial charge on any atom is 0.308 e. The van der Waals surface area contributed by atoms with Gasteiger partial charge in [-0.15, -0.1) is 0 Å². The Morgan fingerprint density at radius 3 is 2.25 bits per heavy atom. The van der Waals surface area contributed by atoms with Crippen LogP contribution < -0.4 is 10.2 Å². The van der Waals surface area contributed by atoms with Crippen LogP contribution >= 0.6 is 0 Å². The second-order valence-electron chi connectivity index (χ2n) is 5.98. The number of fused-ring (bicyclic) bond motifs is 1. The van der Waals surface area contributed by atoms with Gasteiger partial charge in [0.1, 0.15) is 5.58 Å². The van der Waals surface area contributed by atoms with E-state index in [1.807, 2.05) is 51.1 Å². The quantitative estimate of drug-likeness (QED) is 0.660. The second kappa shape index (κ2) is 5.96. The monoisotopic (exact) mass is 322 g/mol. The average Bonchev–Trinajstić information content (AvgIpc) is 2.53. The van der Waals surface area contributed by atoms with Crippen LogP contribution in [-0.4, -0.2) is 5.97 Å². The lowest BCUT2D eigenvalue weighted by molar-refractivity contribution is -0.131. The highest BCUT2D eigenvalue weighted by molar-refractivity contribution is 5.85. The highest BCUT2D eigenvalue weighted by Gasteiger charge is 2.19. The first kappa shape index (κ1) is 16.0. The average molecular weight is 322 g/mol. The van der Waals surface area contributed by atoms with Gasteiger partial charge in [-0.3, -0.25) is 9.59 Å². The Labute approximate surface area is 139 Å². The molecule has 1 heterocycles. The first-order valence-corrected chi connectivity index (χ1v) is 7.70. The zero-order valence-corrected chi connectivity index (χ0v) is 14.1. The standard InChI is InChI=1S/C20H18O4/c1-11-5-7-15(8-6-11)19-20(23-14(4)21)18(22)16-9-12(2)13(3)10-17(16)24-19/h5-10H,1-4H3. The summed E-state index contributed by atoms with van der Waals surface area (Å²) >= 11 is 0. The maximum absolute atomic E-state index is 12.9. The minimum absolute atomic E-state index is 0.0675. The summed E-state index contributed by atoms with van der Waals surface area (Å²) in [7, 11) is 0. The van der Waals surface area contributed by atoms with E-state index in [0.29, 0.717) is 16.5 Å². The van der Waals surface area contributed by atoms with Gasteiger partial charge in [0.2, 0.25) is 11.2 Å². The van der Waals surface area contributed by atoms with Crippen LogP contribution in [0.5, 0.6) is 5.75 Å². The van der Waals surface area contributed by atoms with E-state index in [9.17, 15) is 9.59 Å². The Bertz CT molecular complexity index is 995. The van der Waals surface area contributed by atoms with Crippen molar-refractivity contribution in [2.24, 2.45) is 0 Å². The number of benzene rings is 2. The molecule has 0 N–H and O–H groups in total. The summed E-state index contributed by atoms with van der Waals surface area (Å²) in [5.41, 5.74) is 3.92. The van der Waals surface area contributed by atoms with Gasteiger partial charge in [-0.1, -0.05) is 29.8 Å². The number of rotatable bonds is 2. The van der Waals surface area contributed by atoms with Gasteiger partial charge in [-0.2, -0.15) is 0 Å². The van der Waals surface area contributed by atoms with Crippen LogP contribution in [0.15, 0.2) is 45.6 Å². The summed E-state index contributed by atoms with van der Waals surface area (Å²) in [5, 5.41) is 0.408. The molecule has 0 unspecified atom stereocenters. The van der Waals surface area contributed by atoms with Crippen LogP contribution in [0, 0.1) is 20.8 Å². The van der Waals surface area contributed by atoms with Crippen LogP contribution in [0.2, 0.25) is 0 Å². The van der Waals surface area contributed by atoms with Gasteiger partial charge in [0.25, 0.3) is 0 Å². The summed E-state index contributed by atoms with van der Waals surface area (Å²) in [5.74, 6) is -0.355. The fraction of sp³-hybridized carbons (Fsp3) is 0.200. The molecule has 0 aliphatic rings. The zero-order valence-electron chi connectivity index (χ0n) is 14.1. The van der Waals surface area contributed by atoms with Crippen molar-refractivity contribution in [3.63, 3.8) is 0 Å². The third-order valence-corrected chi connectivity index (χ3v) is 4.02. The summed E-state index contributed by atoms with van der Waals surface area (Å²) in [4.78, 5) is 24.3. The summed E-state index contributed by atoms with van der Waals surface area (Å²) in [6.07, 6.45) is 0. The van der Waals surface area contributed by atoms with Crippen molar-refractivity contribution >= 4 is 16.9 Å².